The first-order chi connectivity index (χ1) is 8.18. The Morgan fingerprint density at radius 1 is 1.47 bits per heavy atom. The molecule has 1 fully saturated rings. The number of ether oxygens (including phenoxy) is 1. The summed E-state index contributed by atoms with van der Waals surface area (Å²) in [4.78, 5) is 12.1. The van der Waals surface area contributed by atoms with Gasteiger partial charge in [0.15, 0.2) is 0 Å². The van der Waals surface area contributed by atoms with Gasteiger partial charge in [-0.15, -0.1) is 0 Å². The van der Waals surface area contributed by atoms with Crippen LogP contribution in [0.3, 0.4) is 0 Å². The fourth-order valence-electron chi connectivity index (χ4n) is 2.26. The normalized spacial score (nSPS) is 21.2. The second kappa shape index (κ2) is 6.97. The van der Waals surface area contributed by atoms with Gasteiger partial charge < -0.3 is 15.2 Å². The number of hydrogen-bond acceptors (Lipinski definition) is 3. The van der Waals surface area contributed by atoms with Crippen molar-refractivity contribution in [3.63, 3.8) is 0 Å². The first kappa shape index (κ1) is 14.5. The van der Waals surface area contributed by atoms with Gasteiger partial charge in [0.1, 0.15) is 0 Å². The minimum absolute atomic E-state index is 0.0180. The van der Waals surface area contributed by atoms with Crippen LogP contribution in [0.15, 0.2) is 0 Å². The van der Waals surface area contributed by atoms with E-state index in [4.69, 9.17) is 4.74 Å². The zero-order valence-electron chi connectivity index (χ0n) is 11.0. The average molecular weight is 243 g/mol. The molecule has 1 amide bonds. The standard InChI is InChI=1S/C13H25NO3/c1-3-13(4-2,10-15)12(16)14-8-11-6-5-7-17-9-11/h11,15H,3-10H2,1-2H3,(H,14,16)/t11-/m0/s1. The molecule has 2 N–H and O–H groups in total. The number of carbonyl (C=O) groups excluding carboxylic acids is 1. The van der Waals surface area contributed by atoms with Gasteiger partial charge in [0.2, 0.25) is 5.91 Å². The summed E-state index contributed by atoms with van der Waals surface area (Å²) in [5, 5.41) is 12.4. The fourth-order valence-corrected chi connectivity index (χ4v) is 2.26. The number of rotatable bonds is 6. The third kappa shape index (κ3) is 3.68. The summed E-state index contributed by atoms with van der Waals surface area (Å²) in [6.07, 6.45) is 3.54. The van der Waals surface area contributed by atoms with E-state index in [2.05, 4.69) is 5.32 Å². The Bertz CT molecular complexity index is 225. The smallest absolute Gasteiger partial charge is 0.228 e. The Morgan fingerprint density at radius 2 is 2.18 bits per heavy atom. The molecule has 0 spiro atoms. The largest absolute Gasteiger partial charge is 0.395 e. The number of aliphatic hydroxyl groups is 1. The van der Waals surface area contributed by atoms with E-state index in [1.165, 1.54) is 0 Å². The van der Waals surface area contributed by atoms with E-state index in [-0.39, 0.29) is 12.5 Å². The van der Waals surface area contributed by atoms with Gasteiger partial charge in [-0.3, -0.25) is 4.79 Å². The van der Waals surface area contributed by atoms with Crippen molar-refractivity contribution >= 4 is 5.91 Å². The molecule has 1 heterocycles. The maximum Gasteiger partial charge on any atom is 0.228 e. The van der Waals surface area contributed by atoms with Gasteiger partial charge in [0.05, 0.1) is 18.6 Å². The van der Waals surface area contributed by atoms with Crippen LogP contribution in [-0.2, 0) is 9.53 Å². The lowest BCUT2D eigenvalue weighted by Crippen LogP contribution is -2.45. The Kier molecular flexibility index (Phi) is 5.92. The predicted molar refractivity (Wildman–Crippen MR) is 66.7 cm³/mol. The monoisotopic (exact) mass is 243 g/mol. The topological polar surface area (TPSA) is 58.6 Å². The van der Waals surface area contributed by atoms with E-state index in [0.717, 1.165) is 26.1 Å². The van der Waals surface area contributed by atoms with Crippen molar-refractivity contribution in [1.82, 2.24) is 5.32 Å². The van der Waals surface area contributed by atoms with Crippen molar-refractivity contribution in [1.29, 1.82) is 0 Å². The van der Waals surface area contributed by atoms with E-state index < -0.39 is 5.41 Å². The van der Waals surface area contributed by atoms with Crippen molar-refractivity contribution in [3.8, 4) is 0 Å². The molecule has 1 atom stereocenters. The molecule has 0 aromatic carbocycles. The number of aliphatic hydroxyl groups excluding tert-OH is 1. The van der Waals surface area contributed by atoms with E-state index in [0.29, 0.717) is 25.3 Å². The maximum atomic E-state index is 12.1. The highest BCUT2D eigenvalue weighted by Crippen LogP contribution is 2.26. The van der Waals surface area contributed by atoms with Crippen LogP contribution in [-0.4, -0.2) is 37.4 Å². The van der Waals surface area contributed by atoms with E-state index in [1.54, 1.807) is 0 Å². The summed E-state index contributed by atoms with van der Waals surface area (Å²) in [5.74, 6) is 0.411. The van der Waals surface area contributed by atoms with Crippen molar-refractivity contribution in [3.05, 3.63) is 0 Å². The molecule has 1 aliphatic rings. The van der Waals surface area contributed by atoms with E-state index >= 15 is 0 Å². The zero-order chi connectivity index (χ0) is 12.7. The Labute approximate surface area is 104 Å². The van der Waals surface area contributed by atoms with E-state index in [9.17, 15) is 9.90 Å². The minimum atomic E-state index is -0.602. The molecule has 0 aromatic rings. The molecule has 4 nitrogen and oxygen atoms in total. The van der Waals surface area contributed by atoms with Gasteiger partial charge in [0.25, 0.3) is 0 Å². The second-order valence-corrected chi connectivity index (χ2v) is 4.94. The van der Waals surface area contributed by atoms with Crippen LogP contribution in [0.25, 0.3) is 0 Å². The molecule has 4 heteroatoms. The number of amides is 1. The summed E-state index contributed by atoms with van der Waals surface area (Å²) < 4.78 is 5.38. The summed E-state index contributed by atoms with van der Waals surface area (Å²) in [6, 6.07) is 0. The molecule has 1 aliphatic heterocycles. The van der Waals surface area contributed by atoms with Gasteiger partial charge >= 0.3 is 0 Å². The molecule has 1 saturated heterocycles. The Morgan fingerprint density at radius 3 is 2.65 bits per heavy atom. The van der Waals surface area contributed by atoms with Crippen LogP contribution in [0.1, 0.15) is 39.5 Å². The van der Waals surface area contributed by atoms with Gasteiger partial charge in [-0.25, -0.2) is 0 Å². The van der Waals surface area contributed by atoms with Gasteiger partial charge in [-0.1, -0.05) is 13.8 Å². The van der Waals surface area contributed by atoms with Crippen molar-refractivity contribution in [2.45, 2.75) is 39.5 Å². The molecule has 0 radical (unpaired) electrons. The van der Waals surface area contributed by atoms with Crippen LogP contribution < -0.4 is 5.32 Å². The van der Waals surface area contributed by atoms with Crippen LogP contribution in [0.2, 0.25) is 0 Å². The molecule has 0 bridgehead atoms. The van der Waals surface area contributed by atoms with E-state index in [1.807, 2.05) is 13.8 Å². The molecule has 0 aromatic heterocycles. The van der Waals surface area contributed by atoms with Crippen LogP contribution in [0, 0.1) is 11.3 Å². The molecule has 0 aliphatic carbocycles. The third-order valence-electron chi connectivity index (χ3n) is 3.94. The second-order valence-electron chi connectivity index (χ2n) is 4.94. The number of nitrogens with one attached hydrogen (secondary N) is 1. The molecule has 17 heavy (non-hydrogen) atoms. The third-order valence-corrected chi connectivity index (χ3v) is 3.94. The van der Waals surface area contributed by atoms with Crippen LogP contribution >= 0.6 is 0 Å². The predicted octanol–water partition coefficient (Wildman–Crippen LogP) is 1.33. The summed E-state index contributed by atoms with van der Waals surface area (Å²) in [5.41, 5.74) is -0.602. The first-order valence-corrected chi connectivity index (χ1v) is 6.65. The zero-order valence-corrected chi connectivity index (χ0v) is 11.0. The highest BCUT2D eigenvalue weighted by Gasteiger charge is 2.34. The first-order valence-electron chi connectivity index (χ1n) is 6.65. The summed E-state index contributed by atoms with van der Waals surface area (Å²) >= 11 is 0. The van der Waals surface area contributed by atoms with Gasteiger partial charge in [0, 0.05) is 13.2 Å². The summed E-state index contributed by atoms with van der Waals surface area (Å²) in [7, 11) is 0. The number of hydrogen-bond donors (Lipinski definition) is 2. The lowest BCUT2D eigenvalue weighted by atomic mass is 9.82. The molecule has 1 rings (SSSR count). The fraction of sp³-hybridized carbons (Fsp3) is 0.923. The van der Waals surface area contributed by atoms with Gasteiger partial charge in [-0.05, 0) is 31.6 Å². The van der Waals surface area contributed by atoms with Crippen molar-refractivity contribution in [2.24, 2.45) is 11.3 Å². The van der Waals surface area contributed by atoms with Crippen molar-refractivity contribution < 1.29 is 14.6 Å². The lowest BCUT2D eigenvalue weighted by Gasteiger charge is -2.29. The van der Waals surface area contributed by atoms with Crippen LogP contribution in [0.5, 0.6) is 0 Å². The highest BCUT2D eigenvalue weighted by molar-refractivity contribution is 5.82. The van der Waals surface area contributed by atoms with Crippen molar-refractivity contribution in [2.75, 3.05) is 26.4 Å². The maximum absolute atomic E-state index is 12.1. The highest BCUT2D eigenvalue weighted by atomic mass is 16.5. The SMILES string of the molecule is CCC(CC)(CO)C(=O)NC[C@@H]1CCCOC1. The number of carbonyl (C=O) groups is 1. The van der Waals surface area contributed by atoms with Gasteiger partial charge in [-0.2, -0.15) is 0 Å². The molecular weight excluding hydrogens is 218 g/mol. The Hall–Kier alpha value is -0.610. The lowest BCUT2D eigenvalue weighted by molar-refractivity contribution is -0.134. The molecule has 0 unspecified atom stereocenters. The Balaban J connectivity index is 2.41. The quantitative estimate of drug-likeness (QED) is 0.740. The molecule has 100 valence electrons. The minimum Gasteiger partial charge on any atom is -0.395 e. The average Bonchev–Trinajstić information content (AvgIpc) is 2.40. The summed E-state index contributed by atoms with van der Waals surface area (Å²) in [6.45, 7) is 6.07. The van der Waals surface area contributed by atoms with Crippen LogP contribution in [0.4, 0.5) is 0 Å². The molecular formula is C13H25NO3. The molecule has 0 saturated carbocycles.